The van der Waals surface area contributed by atoms with Crippen molar-refractivity contribution >= 4 is 6.21 Å². The minimum atomic E-state index is 0.314. The van der Waals surface area contributed by atoms with E-state index in [-0.39, 0.29) is 0 Å². The van der Waals surface area contributed by atoms with Gasteiger partial charge >= 0.3 is 0 Å². The third-order valence-electron chi connectivity index (χ3n) is 3.58. The largest absolute Gasteiger partial charge is 0.624 e. The molecule has 0 aliphatic rings. The van der Waals surface area contributed by atoms with Crippen LogP contribution in [0.1, 0.15) is 71.0 Å². The highest BCUT2D eigenvalue weighted by molar-refractivity contribution is 5.54. The fourth-order valence-corrected chi connectivity index (χ4v) is 2.39. The first kappa shape index (κ1) is 16.8. The van der Waals surface area contributed by atoms with Gasteiger partial charge in [0, 0.05) is 5.92 Å². The van der Waals surface area contributed by atoms with Crippen molar-refractivity contribution in [1.82, 2.24) is 0 Å². The van der Waals surface area contributed by atoms with Gasteiger partial charge in [-0.05, 0) is 18.6 Å². The molecule has 0 aliphatic heterocycles. The summed E-state index contributed by atoms with van der Waals surface area (Å²) in [5, 5.41) is 11.7. The Hall–Kier alpha value is -1.25. The third-order valence-corrected chi connectivity index (χ3v) is 3.58. The SMILES string of the molecule is CCCCCCCCCC(C)/C=[N+](\[O-])Cc1ccco1. The number of hydroxylamine groups is 1. The topological polar surface area (TPSA) is 39.2 Å². The number of unbranched alkanes of at least 4 members (excludes halogenated alkanes) is 6. The summed E-state index contributed by atoms with van der Waals surface area (Å²) >= 11 is 0. The third kappa shape index (κ3) is 8.03. The van der Waals surface area contributed by atoms with Crippen molar-refractivity contribution in [2.75, 3.05) is 0 Å². The Bertz CT molecular complexity index is 357. The normalized spacial score (nSPS) is 13.6. The van der Waals surface area contributed by atoms with Crippen LogP contribution in [0.4, 0.5) is 0 Å². The van der Waals surface area contributed by atoms with Gasteiger partial charge in [-0.3, -0.25) is 0 Å². The Kier molecular flexibility index (Phi) is 8.84. The minimum absolute atomic E-state index is 0.314. The van der Waals surface area contributed by atoms with Crippen LogP contribution in [0.2, 0.25) is 0 Å². The first-order chi connectivity index (χ1) is 9.72. The van der Waals surface area contributed by atoms with Crippen LogP contribution in [0.3, 0.4) is 0 Å². The van der Waals surface area contributed by atoms with Crippen molar-refractivity contribution in [3.63, 3.8) is 0 Å². The van der Waals surface area contributed by atoms with E-state index in [1.165, 1.54) is 44.9 Å². The number of hydrogen-bond acceptors (Lipinski definition) is 2. The second-order valence-corrected chi connectivity index (χ2v) is 5.69. The Morgan fingerprint density at radius 1 is 1.20 bits per heavy atom. The van der Waals surface area contributed by atoms with E-state index in [0.29, 0.717) is 12.5 Å². The predicted octanol–water partition coefficient (Wildman–Crippen LogP) is 5.14. The average molecular weight is 279 g/mol. The highest BCUT2D eigenvalue weighted by Gasteiger charge is 2.06. The molecule has 0 radical (unpaired) electrons. The Labute approximate surface area is 123 Å². The maximum atomic E-state index is 11.7. The first-order valence-electron chi connectivity index (χ1n) is 8.03. The molecule has 3 heteroatoms. The second-order valence-electron chi connectivity index (χ2n) is 5.69. The molecular formula is C17H29NO2. The van der Waals surface area contributed by atoms with Gasteiger partial charge in [0.25, 0.3) is 0 Å². The number of rotatable bonds is 11. The quantitative estimate of drug-likeness (QED) is 0.185. The molecule has 0 fully saturated rings. The standard InChI is InChI=1S/C17H29NO2/c1-3-4-5-6-7-8-9-11-16(2)14-18(19)15-17-12-10-13-20-17/h10,12-14,16H,3-9,11,15H2,1-2H3/b18-14-. The van der Waals surface area contributed by atoms with Crippen LogP contribution in [0.15, 0.2) is 22.8 Å². The average Bonchev–Trinajstić information content (AvgIpc) is 2.90. The molecule has 0 spiro atoms. The van der Waals surface area contributed by atoms with E-state index >= 15 is 0 Å². The van der Waals surface area contributed by atoms with Gasteiger partial charge in [0.05, 0.1) is 6.26 Å². The van der Waals surface area contributed by atoms with E-state index < -0.39 is 0 Å². The van der Waals surface area contributed by atoms with Gasteiger partial charge in [0.2, 0.25) is 6.54 Å². The number of hydrogen-bond donors (Lipinski definition) is 0. The maximum absolute atomic E-state index is 11.7. The van der Waals surface area contributed by atoms with Crippen molar-refractivity contribution in [1.29, 1.82) is 0 Å². The molecule has 114 valence electrons. The highest BCUT2D eigenvalue weighted by Crippen LogP contribution is 2.12. The smallest absolute Gasteiger partial charge is 0.210 e. The van der Waals surface area contributed by atoms with Crippen LogP contribution >= 0.6 is 0 Å². The fourth-order valence-electron chi connectivity index (χ4n) is 2.39. The van der Waals surface area contributed by atoms with Crippen molar-refractivity contribution in [3.05, 3.63) is 29.4 Å². The van der Waals surface area contributed by atoms with E-state index in [9.17, 15) is 5.21 Å². The lowest BCUT2D eigenvalue weighted by molar-refractivity contribution is -0.475. The lowest BCUT2D eigenvalue weighted by Gasteiger charge is -2.07. The molecule has 0 saturated carbocycles. The van der Waals surface area contributed by atoms with Gasteiger partial charge in [0.15, 0.2) is 12.0 Å². The monoisotopic (exact) mass is 279 g/mol. The zero-order valence-electron chi connectivity index (χ0n) is 13.0. The molecule has 1 unspecified atom stereocenters. The second kappa shape index (κ2) is 10.5. The van der Waals surface area contributed by atoms with E-state index in [4.69, 9.17) is 4.42 Å². The predicted molar refractivity (Wildman–Crippen MR) is 83.9 cm³/mol. The molecule has 0 aromatic carbocycles. The Balaban J connectivity index is 2.08. The summed E-state index contributed by atoms with van der Waals surface area (Å²) in [6.45, 7) is 4.67. The van der Waals surface area contributed by atoms with Gasteiger partial charge in [-0.2, -0.15) is 0 Å². The lowest BCUT2D eigenvalue weighted by atomic mass is 10.0. The molecule has 0 bridgehead atoms. The molecule has 0 amide bonds. The lowest BCUT2D eigenvalue weighted by Crippen LogP contribution is -2.10. The Morgan fingerprint density at radius 2 is 1.90 bits per heavy atom. The van der Waals surface area contributed by atoms with Crippen LogP contribution in [0.25, 0.3) is 0 Å². The number of furan rings is 1. The molecule has 1 atom stereocenters. The van der Waals surface area contributed by atoms with E-state index in [1.54, 1.807) is 12.5 Å². The maximum Gasteiger partial charge on any atom is 0.210 e. The Morgan fingerprint density at radius 3 is 2.55 bits per heavy atom. The van der Waals surface area contributed by atoms with Crippen molar-refractivity contribution in [2.24, 2.45) is 5.92 Å². The molecule has 20 heavy (non-hydrogen) atoms. The molecule has 1 heterocycles. The molecule has 1 aromatic heterocycles. The summed E-state index contributed by atoms with van der Waals surface area (Å²) in [6, 6.07) is 3.64. The summed E-state index contributed by atoms with van der Waals surface area (Å²) in [6.07, 6.45) is 13.7. The molecule has 3 nitrogen and oxygen atoms in total. The van der Waals surface area contributed by atoms with Crippen LogP contribution in [-0.2, 0) is 6.54 Å². The van der Waals surface area contributed by atoms with Crippen molar-refractivity contribution in [2.45, 2.75) is 71.8 Å². The minimum Gasteiger partial charge on any atom is -0.624 e. The van der Waals surface area contributed by atoms with Crippen LogP contribution < -0.4 is 0 Å². The van der Waals surface area contributed by atoms with Crippen LogP contribution in [0, 0.1) is 11.1 Å². The van der Waals surface area contributed by atoms with E-state index in [2.05, 4.69) is 13.8 Å². The molecule has 1 rings (SSSR count). The summed E-state index contributed by atoms with van der Waals surface area (Å²) in [5.41, 5.74) is 0. The van der Waals surface area contributed by atoms with E-state index in [0.717, 1.165) is 16.9 Å². The highest BCUT2D eigenvalue weighted by atomic mass is 16.5. The fraction of sp³-hybridized carbons (Fsp3) is 0.706. The van der Waals surface area contributed by atoms with Crippen LogP contribution in [0.5, 0.6) is 0 Å². The summed E-state index contributed by atoms with van der Waals surface area (Å²) in [4.78, 5) is 0. The van der Waals surface area contributed by atoms with E-state index in [1.807, 2.05) is 12.1 Å². The van der Waals surface area contributed by atoms with Gasteiger partial charge in [-0.1, -0.05) is 58.8 Å². The first-order valence-corrected chi connectivity index (χ1v) is 8.03. The molecule has 1 aromatic rings. The zero-order valence-corrected chi connectivity index (χ0v) is 13.0. The molecule has 0 aliphatic carbocycles. The summed E-state index contributed by atoms with van der Waals surface area (Å²) < 4.78 is 6.16. The number of nitrogens with zero attached hydrogens (tertiary/aromatic N) is 1. The van der Waals surface area contributed by atoms with Crippen molar-refractivity contribution in [3.8, 4) is 0 Å². The molecular weight excluding hydrogens is 250 g/mol. The summed E-state index contributed by atoms with van der Waals surface area (Å²) in [5.74, 6) is 1.07. The van der Waals surface area contributed by atoms with Crippen LogP contribution in [-0.4, -0.2) is 11.0 Å². The zero-order chi connectivity index (χ0) is 14.6. The van der Waals surface area contributed by atoms with Gasteiger partial charge in [0.1, 0.15) is 0 Å². The molecule has 0 N–H and O–H groups in total. The van der Waals surface area contributed by atoms with Crippen molar-refractivity contribution < 1.29 is 9.16 Å². The van der Waals surface area contributed by atoms with Gasteiger partial charge < -0.3 is 9.62 Å². The molecule has 0 saturated heterocycles. The van der Waals surface area contributed by atoms with Gasteiger partial charge in [-0.25, -0.2) is 4.74 Å². The van der Waals surface area contributed by atoms with Gasteiger partial charge in [-0.15, -0.1) is 0 Å². The summed E-state index contributed by atoms with van der Waals surface area (Å²) in [7, 11) is 0.